The molecular weight excluding hydrogens is 652 g/mol. The number of hydrogen-bond acceptors (Lipinski definition) is 8. The van der Waals surface area contributed by atoms with Crippen molar-refractivity contribution in [1.82, 2.24) is 31.1 Å². The number of nitrogens with one attached hydrogen (secondary N) is 4. The Balaban J connectivity index is 1.84. The van der Waals surface area contributed by atoms with Crippen LogP contribution >= 0.6 is 11.6 Å². The van der Waals surface area contributed by atoms with Crippen LogP contribution in [-0.4, -0.2) is 102 Å². The number of ether oxygens (including phenoxy) is 1. The van der Waals surface area contributed by atoms with E-state index in [1.54, 1.807) is 43.9 Å². The van der Waals surface area contributed by atoms with Gasteiger partial charge < -0.3 is 30.9 Å². The van der Waals surface area contributed by atoms with Crippen LogP contribution in [0.3, 0.4) is 0 Å². The quantitative estimate of drug-likeness (QED) is 0.249. The van der Waals surface area contributed by atoms with Gasteiger partial charge in [-0.15, -0.1) is 0 Å². The standard InChI is InChI=1S/C35H51ClN6O7/c1-23(2)29(40-34(48)49-35(3,4)5)33(47)42-20-19-41(21-24-13-15-25(36)16-14-24)27(22-42)31(45)39-26-11-9-7-6-8-10-12-28(43)37-17-18-38-32(46)30(26)44/h7,9,13-16,23,26-27,29H,6,8,10-12,17-22H2,1-5H3,(H,37,43)(H,38,46)(H,39,45)(H,40,48)/t26-,27-,29-/m1/s1. The summed E-state index contributed by atoms with van der Waals surface area (Å²) >= 11 is 6.10. The third kappa shape index (κ3) is 13.1. The number of benzene rings is 1. The van der Waals surface area contributed by atoms with Gasteiger partial charge in [-0.25, -0.2) is 4.79 Å². The number of allylic oxidation sites excluding steroid dienone is 1. The molecule has 14 heteroatoms. The number of halogens is 1. The number of carbonyl (C=O) groups excluding carboxylic acids is 6. The van der Waals surface area contributed by atoms with Crippen molar-refractivity contribution in [2.24, 2.45) is 5.92 Å². The number of hydrogen-bond donors (Lipinski definition) is 4. The molecule has 0 spiro atoms. The number of piperazine rings is 1. The molecule has 0 unspecified atom stereocenters. The molecule has 0 radical (unpaired) electrons. The van der Waals surface area contributed by atoms with E-state index in [2.05, 4.69) is 21.3 Å². The van der Waals surface area contributed by atoms with Gasteiger partial charge in [0.05, 0.1) is 0 Å². The second-order valence-corrected chi connectivity index (χ2v) is 14.2. The van der Waals surface area contributed by atoms with Crippen molar-refractivity contribution in [3.63, 3.8) is 0 Å². The topological polar surface area (TPSA) is 166 Å². The number of alkyl carbamates (subject to hydrolysis) is 1. The van der Waals surface area contributed by atoms with Crippen molar-refractivity contribution in [2.75, 3.05) is 32.7 Å². The van der Waals surface area contributed by atoms with E-state index in [1.807, 2.05) is 37.0 Å². The van der Waals surface area contributed by atoms with Crippen molar-refractivity contribution in [2.45, 2.75) is 97.0 Å². The number of ketones is 1. The first kappa shape index (κ1) is 39.5. The highest BCUT2D eigenvalue weighted by atomic mass is 35.5. The lowest BCUT2D eigenvalue weighted by Crippen LogP contribution is -2.64. The molecule has 3 atom stereocenters. The van der Waals surface area contributed by atoms with Gasteiger partial charge in [0.25, 0.3) is 5.91 Å². The summed E-state index contributed by atoms with van der Waals surface area (Å²) in [6, 6.07) is 4.30. The van der Waals surface area contributed by atoms with Crippen molar-refractivity contribution in [3.8, 4) is 0 Å². The van der Waals surface area contributed by atoms with Crippen LogP contribution < -0.4 is 21.3 Å². The van der Waals surface area contributed by atoms with Crippen molar-refractivity contribution in [1.29, 1.82) is 0 Å². The Morgan fingerprint density at radius 1 is 1.00 bits per heavy atom. The van der Waals surface area contributed by atoms with Gasteiger partial charge in [0, 0.05) is 50.7 Å². The normalized spacial score (nSPS) is 21.1. The molecule has 270 valence electrons. The van der Waals surface area contributed by atoms with E-state index in [-0.39, 0.29) is 43.8 Å². The lowest BCUT2D eigenvalue weighted by Gasteiger charge is -2.42. The zero-order valence-electron chi connectivity index (χ0n) is 29.2. The first-order valence-electron chi connectivity index (χ1n) is 17.0. The van der Waals surface area contributed by atoms with Crippen LogP contribution in [0, 0.1) is 5.92 Å². The lowest BCUT2D eigenvalue weighted by atomic mass is 10.0. The summed E-state index contributed by atoms with van der Waals surface area (Å²) in [5.41, 5.74) is 0.142. The fourth-order valence-corrected chi connectivity index (χ4v) is 5.66. The van der Waals surface area contributed by atoms with Crippen LogP contribution in [0.2, 0.25) is 5.02 Å². The van der Waals surface area contributed by atoms with Crippen molar-refractivity contribution < 1.29 is 33.5 Å². The molecule has 1 aromatic carbocycles. The first-order valence-corrected chi connectivity index (χ1v) is 17.3. The molecule has 0 bridgehead atoms. The second kappa shape index (κ2) is 18.7. The maximum Gasteiger partial charge on any atom is 0.408 e. The Morgan fingerprint density at radius 3 is 2.37 bits per heavy atom. The zero-order valence-corrected chi connectivity index (χ0v) is 29.9. The minimum atomic E-state index is -1.15. The van der Waals surface area contributed by atoms with Crippen molar-refractivity contribution >= 4 is 47.1 Å². The minimum absolute atomic E-state index is 0.0138. The Kier molecular flexibility index (Phi) is 15.1. The van der Waals surface area contributed by atoms with Gasteiger partial charge in [-0.1, -0.05) is 49.7 Å². The number of rotatable bonds is 7. The van der Waals surface area contributed by atoms with Gasteiger partial charge >= 0.3 is 6.09 Å². The summed E-state index contributed by atoms with van der Waals surface area (Å²) in [5.74, 6) is -2.94. The molecule has 2 aliphatic heterocycles. The molecule has 1 aromatic rings. The number of amides is 5. The van der Waals surface area contributed by atoms with Gasteiger partial charge in [0.1, 0.15) is 23.7 Å². The molecule has 5 amide bonds. The molecule has 1 fully saturated rings. The summed E-state index contributed by atoms with van der Waals surface area (Å²) in [4.78, 5) is 82.1. The summed E-state index contributed by atoms with van der Waals surface area (Å²) in [7, 11) is 0. The fraction of sp³-hybridized carbons (Fsp3) is 0.600. The predicted octanol–water partition coefficient (Wildman–Crippen LogP) is 2.71. The summed E-state index contributed by atoms with van der Waals surface area (Å²) < 4.78 is 5.39. The molecule has 4 N–H and O–H groups in total. The smallest absolute Gasteiger partial charge is 0.408 e. The van der Waals surface area contributed by atoms with E-state index in [0.717, 1.165) is 12.0 Å². The monoisotopic (exact) mass is 702 g/mol. The number of nitrogens with zero attached hydrogens (tertiary/aromatic N) is 2. The molecular formula is C35H51ClN6O7. The van der Waals surface area contributed by atoms with Crippen LogP contribution in [-0.2, 0) is 35.3 Å². The predicted molar refractivity (Wildman–Crippen MR) is 185 cm³/mol. The van der Waals surface area contributed by atoms with Gasteiger partial charge in [-0.05, 0) is 70.1 Å². The maximum absolute atomic E-state index is 14.1. The molecule has 13 nitrogen and oxygen atoms in total. The van der Waals surface area contributed by atoms with Crippen LogP contribution in [0.25, 0.3) is 0 Å². The van der Waals surface area contributed by atoms with Crippen LogP contribution in [0.4, 0.5) is 4.79 Å². The Hall–Kier alpha value is -3.97. The van der Waals surface area contributed by atoms with E-state index in [0.29, 0.717) is 43.9 Å². The molecule has 2 heterocycles. The maximum atomic E-state index is 14.1. The average molecular weight is 703 g/mol. The highest BCUT2D eigenvalue weighted by Crippen LogP contribution is 2.19. The Bertz CT molecular complexity index is 1360. The molecule has 49 heavy (non-hydrogen) atoms. The number of Topliss-reactive ketones (excluding diaryl/α,β-unsaturated/α-hetero) is 1. The van der Waals surface area contributed by atoms with E-state index < -0.39 is 47.4 Å². The van der Waals surface area contributed by atoms with Crippen LogP contribution in [0.5, 0.6) is 0 Å². The van der Waals surface area contributed by atoms with Gasteiger partial charge in [0.2, 0.25) is 23.5 Å². The summed E-state index contributed by atoms with van der Waals surface area (Å²) in [6.07, 6.45) is 5.54. The highest BCUT2D eigenvalue weighted by Gasteiger charge is 2.39. The molecule has 1 saturated heterocycles. The van der Waals surface area contributed by atoms with Crippen molar-refractivity contribution in [3.05, 3.63) is 47.0 Å². The van der Waals surface area contributed by atoms with Crippen LogP contribution in [0.15, 0.2) is 36.4 Å². The largest absolute Gasteiger partial charge is 0.444 e. The molecule has 0 saturated carbocycles. The third-order valence-electron chi connectivity index (χ3n) is 8.16. The fourth-order valence-electron chi connectivity index (χ4n) is 5.54. The van der Waals surface area contributed by atoms with E-state index in [1.165, 1.54) is 0 Å². The zero-order chi connectivity index (χ0) is 36.1. The lowest BCUT2D eigenvalue weighted by molar-refractivity contribution is -0.143. The first-order chi connectivity index (χ1) is 23.1. The van der Waals surface area contributed by atoms with E-state index in [4.69, 9.17) is 16.3 Å². The summed E-state index contributed by atoms with van der Waals surface area (Å²) in [6.45, 7) is 10.0. The van der Waals surface area contributed by atoms with E-state index >= 15 is 0 Å². The molecule has 2 aliphatic rings. The molecule has 3 rings (SSSR count). The van der Waals surface area contributed by atoms with Crippen LogP contribution in [0.1, 0.15) is 72.3 Å². The Labute approximate surface area is 293 Å². The van der Waals surface area contributed by atoms with E-state index in [9.17, 15) is 28.8 Å². The Morgan fingerprint density at radius 2 is 1.69 bits per heavy atom. The highest BCUT2D eigenvalue weighted by molar-refractivity contribution is 6.38. The summed E-state index contributed by atoms with van der Waals surface area (Å²) in [5, 5.41) is 11.3. The van der Waals surface area contributed by atoms with Gasteiger partial charge in [-0.3, -0.25) is 28.9 Å². The van der Waals surface area contributed by atoms with Gasteiger partial charge in [-0.2, -0.15) is 0 Å². The van der Waals surface area contributed by atoms with Gasteiger partial charge in [0.15, 0.2) is 0 Å². The second-order valence-electron chi connectivity index (χ2n) is 13.7. The molecule has 0 aromatic heterocycles. The average Bonchev–Trinajstić information content (AvgIpc) is 3.04. The minimum Gasteiger partial charge on any atom is -0.444 e. The number of carbonyl (C=O) groups is 6. The molecule has 0 aliphatic carbocycles. The SMILES string of the molecule is CC(C)[C@@H](NC(=O)OC(C)(C)C)C(=O)N1CCN(Cc2ccc(Cl)cc2)[C@@H](C(=O)N[C@@H]2CC=CCCCCC(=O)NCCNC(=O)C2=O)C1. The third-order valence-corrected chi connectivity index (χ3v) is 8.41.